The van der Waals surface area contributed by atoms with E-state index in [0.717, 1.165) is 12.8 Å². The summed E-state index contributed by atoms with van der Waals surface area (Å²) >= 11 is 0. The van der Waals surface area contributed by atoms with Crippen LogP contribution < -0.4 is 5.73 Å². The normalized spacial score (nSPS) is 15.9. The number of hydrogen-bond donors (Lipinski definition) is 1. The maximum atomic E-state index is 13.6. The number of amidine groups is 2. The summed E-state index contributed by atoms with van der Waals surface area (Å²) in [6.45, 7) is 0.275. The summed E-state index contributed by atoms with van der Waals surface area (Å²) in [5.74, 6) is 1.11. The van der Waals surface area contributed by atoms with Gasteiger partial charge in [0.15, 0.2) is 5.84 Å². The molecular weight excluding hydrogens is 279 g/mol. The predicted molar refractivity (Wildman–Crippen MR) is 85.2 cm³/mol. The van der Waals surface area contributed by atoms with Gasteiger partial charge in [0.25, 0.3) is 0 Å². The molecule has 2 aromatic rings. The van der Waals surface area contributed by atoms with Crippen molar-refractivity contribution in [3.05, 3.63) is 65.7 Å². The number of nitrogens with two attached hydrogens (primary N) is 1. The molecule has 3 rings (SSSR count). The van der Waals surface area contributed by atoms with Gasteiger partial charge in [0.2, 0.25) is 0 Å². The van der Waals surface area contributed by atoms with Crippen molar-refractivity contribution < 1.29 is 4.39 Å². The summed E-state index contributed by atoms with van der Waals surface area (Å²) < 4.78 is 13.6. The fraction of sp³-hybridized carbons (Fsp3) is 0.235. The Balaban J connectivity index is 1.81. The lowest BCUT2D eigenvalue weighted by Gasteiger charge is -2.04. The molecular formula is C17H17FN4. The molecule has 1 heterocycles. The Morgan fingerprint density at radius 2 is 1.95 bits per heavy atom. The van der Waals surface area contributed by atoms with Gasteiger partial charge in [0, 0.05) is 17.7 Å². The van der Waals surface area contributed by atoms with Crippen molar-refractivity contribution in [3.63, 3.8) is 0 Å². The van der Waals surface area contributed by atoms with Crippen molar-refractivity contribution in [2.45, 2.75) is 19.4 Å². The number of benzene rings is 1. The van der Waals surface area contributed by atoms with Gasteiger partial charge in [0.1, 0.15) is 17.3 Å². The topological polar surface area (TPSA) is 63.6 Å². The molecule has 2 N–H and O–H groups in total. The molecule has 0 aliphatic heterocycles. The first-order chi connectivity index (χ1) is 10.7. The molecule has 0 unspecified atom stereocenters. The average Bonchev–Trinajstić information content (AvgIpc) is 3.38. The van der Waals surface area contributed by atoms with E-state index < -0.39 is 0 Å². The fourth-order valence-corrected chi connectivity index (χ4v) is 2.09. The molecule has 1 aliphatic carbocycles. The number of pyridine rings is 1. The molecule has 5 heteroatoms. The second-order valence-electron chi connectivity index (χ2n) is 5.25. The first kappa shape index (κ1) is 14.4. The number of halogens is 1. The third-order valence-electron chi connectivity index (χ3n) is 3.47. The van der Waals surface area contributed by atoms with Crippen LogP contribution in [0.15, 0.2) is 58.6 Å². The highest BCUT2D eigenvalue weighted by molar-refractivity contribution is 6.05. The second-order valence-corrected chi connectivity index (χ2v) is 5.25. The van der Waals surface area contributed by atoms with Gasteiger partial charge in [0.05, 0.1) is 6.54 Å². The molecule has 22 heavy (non-hydrogen) atoms. The van der Waals surface area contributed by atoms with E-state index in [0.29, 0.717) is 28.8 Å². The molecule has 1 aromatic heterocycles. The number of rotatable bonds is 4. The van der Waals surface area contributed by atoms with Gasteiger partial charge in [-0.3, -0.25) is 9.98 Å². The summed E-state index contributed by atoms with van der Waals surface area (Å²) in [6.07, 6.45) is 3.77. The summed E-state index contributed by atoms with van der Waals surface area (Å²) in [5, 5.41) is 0. The molecule has 1 aliphatic rings. The quantitative estimate of drug-likeness (QED) is 0.696. The smallest absolute Gasteiger partial charge is 0.151 e. The van der Waals surface area contributed by atoms with E-state index in [1.807, 2.05) is 12.1 Å². The van der Waals surface area contributed by atoms with E-state index in [4.69, 9.17) is 5.73 Å². The van der Waals surface area contributed by atoms with E-state index in [-0.39, 0.29) is 12.4 Å². The zero-order chi connectivity index (χ0) is 15.4. The maximum absolute atomic E-state index is 13.6. The van der Waals surface area contributed by atoms with Crippen LogP contribution in [0.1, 0.15) is 24.1 Å². The predicted octanol–water partition coefficient (Wildman–Crippen LogP) is 2.93. The first-order valence-corrected chi connectivity index (χ1v) is 7.27. The molecule has 1 saturated carbocycles. The number of aromatic nitrogens is 1. The Morgan fingerprint density at radius 3 is 2.64 bits per heavy atom. The zero-order valence-electron chi connectivity index (χ0n) is 12.1. The molecule has 0 saturated heterocycles. The third-order valence-corrected chi connectivity index (χ3v) is 3.47. The Kier molecular flexibility index (Phi) is 4.23. The van der Waals surface area contributed by atoms with Crippen molar-refractivity contribution in [1.29, 1.82) is 0 Å². The van der Waals surface area contributed by atoms with Gasteiger partial charge in [-0.25, -0.2) is 9.38 Å². The SMILES string of the molecule is NC(=NC(=NCc1ccccc1F)C1CC1)c1ccccn1. The van der Waals surface area contributed by atoms with E-state index >= 15 is 0 Å². The largest absolute Gasteiger partial charge is 0.382 e. The van der Waals surface area contributed by atoms with E-state index in [1.54, 1.807) is 30.5 Å². The van der Waals surface area contributed by atoms with Gasteiger partial charge >= 0.3 is 0 Å². The molecule has 4 nitrogen and oxygen atoms in total. The van der Waals surface area contributed by atoms with Crippen LogP contribution in [-0.2, 0) is 6.54 Å². The van der Waals surface area contributed by atoms with Crippen molar-refractivity contribution >= 4 is 11.7 Å². The first-order valence-electron chi connectivity index (χ1n) is 7.27. The van der Waals surface area contributed by atoms with Crippen molar-refractivity contribution in [3.8, 4) is 0 Å². The Hall–Kier alpha value is -2.56. The maximum Gasteiger partial charge on any atom is 0.151 e. The standard InChI is InChI=1S/C17H17FN4/c18-14-6-2-1-5-13(14)11-21-17(12-8-9-12)22-16(19)15-7-3-4-10-20-15/h1-7,10,12H,8-9,11H2,(H2,19,21,22). The van der Waals surface area contributed by atoms with Crippen molar-refractivity contribution in [1.82, 2.24) is 4.98 Å². The lowest BCUT2D eigenvalue weighted by Crippen LogP contribution is -2.18. The Bertz CT molecular complexity index is 706. The summed E-state index contributed by atoms with van der Waals surface area (Å²) in [4.78, 5) is 13.0. The van der Waals surface area contributed by atoms with Crippen LogP contribution in [0.25, 0.3) is 0 Å². The minimum atomic E-state index is -0.247. The van der Waals surface area contributed by atoms with E-state index in [2.05, 4.69) is 15.0 Å². The minimum Gasteiger partial charge on any atom is -0.382 e. The number of aliphatic imine (C=N–C) groups is 2. The number of hydrogen-bond acceptors (Lipinski definition) is 2. The summed E-state index contributed by atoms with van der Waals surface area (Å²) in [7, 11) is 0. The van der Waals surface area contributed by atoms with Crippen LogP contribution >= 0.6 is 0 Å². The van der Waals surface area contributed by atoms with Crippen LogP contribution in [0.4, 0.5) is 4.39 Å². The van der Waals surface area contributed by atoms with E-state index in [1.165, 1.54) is 6.07 Å². The van der Waals surface area contributed by atoms with Crippen LogP contribution in [0.2, 0.25) is 0 Å². The van der Waals surface area contributed by atoms with Gasteiger partial charge in [-0.2, -0.15) is 0 Å². The molecule has 0 radical (unpaired) electrons. The summed E-state index contributed by atoms with van der Waals surface area (Å²) in [5.41, 5.74) is 7.18. The van der Waals surface area contributed by atoms with Gasteiger partial charge < -0.3 is 5.73 Å². The molecule has 0 bridgehead atoms. The fourth-order valence-electron chi connectivity index (χ4n) is 2.09. The molecule has 112 valence electrons. The van der Waals surface area contributed by atoms with Gasteiger partial charge in [-0.15, -0.1) is 0 Å². The van der Waals surface area contributed by atoms with Crippen LogP contribution in [0.5, 0.6) is 0 Å². The van der Waals surface area contributed by atoms with Crippen molar-refractivity contribution in [2.24, 2.45) is 21.6 Å². The molecule has 1 fully saturated rings. The Morgan fingerprint density at radius 1 is 1.18 bits per heavy atom. The second kappa shape index (κ2) is 6.47. The monoisotopic (exact) mass is 296 g/mol. The van der Waals surface area contributed by atoms with Crippen LogP contribution in [0, 0.1) is 11.7 Å². The molecule has 1 aromatic carbocycles. The molecule has 0 amide bonds. The van der Waals surface area contributed by atoms with Gasteiger partial charge in [-0.05, 0) is 31.0 Å². The van der Waals surface area contributed by atoms with Crippen LogP contribution in [-0.4, -0.2) is 16.7 Å². The highest BCUT2D eigenvalue weighted by Gasteiger charge is 2.27. The number of nitrogens with zero attached hydrogens (tertiary/aromatic N) is 3. The highest BCUT2D eigenvalue weighted by Crippen LogP contribution is 2.31. The highest BCUT2D eigenvalue weighted by atomic mass is 19.1. The lowest BCUT2D eigenvalue weighted by molar-refractivity contribution is 0.610. The van der Waals surface area contributed by atoms with Gasteiger partial charge in [-0.1, -0.05) is 24.3 Å². The van der Waals surface area contributed by atoms with E-state index in [9.17, 15) is 4.39 Å². The van der Waals surface area contributed by atoms with Crippen LogP contribution in [0.3, 0.4) is 0 Å². The average molecular weight is 296 g/mol. The third kappa shape index (κ3) is 3.55. The molecule has 0 atom stereocenters. The zero-order valence-corrected chi connectivity index (χ0v) is 12.1. The minimum absolute atomic E-state index is 0.247. The molecule has 0 spiro atoms. The van der Waals surface area contributed by atoms with Crippen molar-refractivity contribution in [2.75, 3.05) is 0 Å². The summed E-state index contributed by atoms with van der Waals surface area (Å²) in [6, 6.07) is 12.1. The lowest BCUT2D eigenvalue weighted by atomic mass is 10.2. The Labute approximate surface area is 128 Å².